The fourth-order valence-electron chi connectivity index (χ4n) is 2.31. The van der Waals surface area contributed by atoms with Crippen LogP contribution in [0.4, 0.5) is 0 Å². The Morgan fingerprint density at radius 2 is 1.61 bits per heavy atom. The van der Waals surface area contributed by atoms with Gasteiger partial charge in [-0.2, -0.15) is 0 Å². The maximum absolute atomic E-state index is 11.5. The summed E-state index contributed by atoms with van der Waals surface area (Å²) in [6, 6.07) is 0.519. The lowest BCUT2D eigenvalue weighted by atomic mass is 10.2. The number of rotatable bonds is 7. The number of carbonyl (C=O) groups excluding carboxylic acids is 2. The van der Waals surface area contributed by atoms with Gasteiger partial charge >= 0.3 is 0 Å². The predicted octanol–water partition coefficient (Wildman–Crippen LogP) is 0.161. The van der Waals surface area contributed by atoms with Crippen molar-refractivity contribution in [2.24, 2.45) is 5.92 Å². The van der Waals surface area contributed by atoms with Crippen LogP contribution in [0.1, 0.15) is 38.5 Å². The minimum absolute atomic E-state index is 0.0163. The SMILES string of the molecule is O=C(CNC1CCCC1)NCCNC(=O)C1CC1. The zero-order chi connectivity index (χ0) is 12.8. The second-order valence-corrected chi connectivity index (χ2v) is 5.28. The standard InChI is InChI=1S/C13H23N3O2/c17-12(9-16-11-3-1-2-4-11)14-7-8-15-13(18)10-5-6-10/h10-11,16H,1-9H2,(H,14,17)(H,15,18). The Morgan fingerprint density at radius 3 is 2.28 bits per heavy atom. The Kier molecular flexibility index (Phi) is 4.99. The summed E-state index contributed by atoms with van der Waals surface area (Å²) in [5, 5.41) is 8.89. The zero-order valence-electron chi connectivity index (χ0n) is 10.8. The molecule has 2 saturated carbocycles. The fourth-order valence-corrected chi connectivity index (χ4v) is 2.31. The highest BCUT2D eigenvalue weighted by Crippen LogP contribution is 2.28. The summed E-state index contributed by atoms with van der Waals surface area (Å²) in [4.78, 5) is 22.8. The summed E-state index contributed by atoms with van der Waals surface area (Å²) in [6.07, 6.45) is 6.95. The van der Waals surface area contributed by atoms with E-state index in [0.717, 1.165) is 12.8 Å². The van der Waals surface area contributed by atoms with Crippen LogP contribution >= 0.6 is 0 Å². The lowest BCUT2D eigenvalue weighted by Gasteiger charge is -2.11. The summed E-state index contributed by atoms with van der Waals surface area (Å²) in [7, 11) is 0. The minimum atomic E-state index is 0.0163. The molecule has 2 fully saturated rings. The first-order valence-corrected chi connectivity index (χ1v) is 7.03. The fraction of sp³-hybridized carbons (Fsp3) is 0.846. The molecule has 0 aliphatic heterocycles. The molecule has 0 unspecified atom stereocenters. The number of hydrogen-bond donors (Lipinski definition) is 3. The van der Waals surface area contributed by atoms with Crippen molar-refractivity contribution in [3.63, 3.8) is 0 Å². The first-order chi connectivity index (χ1) is 8.75. The third-order valence-corrected chi connectivity index (χ3v) is 3.60. The molecule has 3 N–H and O–H groups in total. The van der Waals surface area contributed by atoms with Gasteiger partial charge < -0.3 is 16.0 Å². The van der Waals surface area contributed by atoms with Gasteiger partial charge in [0.1, 0.15) is 0 Å². The molecule has 0 saturated heterocycles. The van der Waals surface area contributed by atoms with Gasteiger partial charge in [0, 0.05) is 25.0 Å². The summed E-state index contributed by atoms with van der Waals surface area (Å²) in [6.45, 7) is 1.44. The van der Waals surface area contributed by atoms with E-state index < -0.39 is 0 Å². The van der Waals surface area contributed by atoms with Gasteiger partial charge in [0.15, 0.2) is 0 Å². The summed E-state index contributed by atoms with van der Waals surface area (Å²) < 4.78 is 0. The Morgan fingerprint density at radius 1 is 0.944 bits per heavy atom. The van der Waals surface area contributed by atoms with Crippen molar-refractivity contribution < 1.29 is 9.59 Å². The molecule has 0 aromatic rings. The molecule has 0 radical (unpaired) electrons. The van der Waals surface area contributed by atoms with Crippen molar-refractivity contribution in [1.82, 2.24) is 16.0 Å². The van der Waals surface area contributed by atoms with E-state index in [2.05, 4.69) is 16.0 Å². The van der Waals surface area contributed by atoms with Crippen molar-refractivity contribution in [3.05, 3.63) is 0 Å². The van der Waals surface area contributed by atoms with Crippen LogP contribution in [0.15, 0.2) is 0 Å². The van der Waals surface area contributed by atoms with E-state index in [-0.39, 0.29) is 17.7 Å². The van der Waals surface area contributed by atoms with Gasteiger partial charge in [0.05, 0.1) is 6.54 Å². The Labute approximate surface area is 108 Å². The maximum atomic E-state index is 11.5. The van der Waals surface area contributed by atoms with Crippen LogP contribution in [-0.2, 0) is 9.59 Å². The molecule has 102 valence electrons. The van der Waals surface area contributed by atoms with Crippen LogP contribution in [0.25, 0.3) is 0 Å². The third-order valence-electron chi connectivity index (χ3n) is 3.60. The minimum Gasteiger partial charge on any atom is -0.354 e. The van der Waals surface area contributed by atoms with E-state index in [1.807, 2.05) is 0 Å². The van der Waals surface area contributed by atoms with Gasteiger partial charge in [-0.15, -0.1) is 0 Å². The lowest BCUT2D eigenvalue weighted by molar-refractivity contribution is -0.123. The molecule has 5 heteroatoms. The third kappa shape index (κ3) is 4.64. The average Bonchev–Trinajstić information content (AvgIpc) is 3.09. The van der Waals surface area contributed by atoms with Gasteiger partial charge in [0.25, 0.3) is 0 Å². The maximum Gasteiger partial charge on any atom is 0.234 e. The van der Waals surface area contributed by atoms with Crippen molar-refractivity contribution in [2.75, 3.05) is 19.6 Å². The number of nitrogens with one attached hydrogen (secondary N) is 3. The first kappa shape index (κ1) is 13.3. The van der Waals surface area contributed by atoms with E-state index in [0.29, 0.717) is 25.7 Å². The molecule has 0 atom stereocenters. The van der Waals surface area contributed by atoms with Crippen molar-refractivity contribution in [3.8, 4) is 0 Å². The predicted molar refractivity (Wildman–Crippen MR) is 69.0 cm³/mol. The topological polar surface area (TPSA) is 70.2 Å². The molecule has 2 amide bonds. The molecule has 5 nitrogen and oxygen atoms in total. The Bertz CT molecular complexity index is 297. The van der Waals surface area contributed by atoms with Gasteiger partial charge in [0.2, 0.25) is 11.8 Å². The van der Waals surface area contributed by atoms with Crippen LogP contribution in [0.5, 0.6) is 0 Å². The number of carbonyl (C=O) groups is 2. The van der Waals surface area contributed by atoms with Crippen LogP contribution in [0.3, 0.4) is 0 Å². The van der Waals surface area contributed by atoms with Crippen molar-refractivity contribution in [1.29, 1.82) is 0 Å². The highest BCUT2D eigenvalue weighted by atomic mass is 16.2. The van der Waals surface area contributed by atoms with Gasteiger partial charge in [-0.05, 0) is 25.7 Å². The van der Waals surface area contributed by atoms with Crippen molar-refractivity contribution >= 4 is 11.8 Å². The van der Waals surface area contributed by atoms with E-state index in [4.69, 9.17) is 0 Å². The molecule has 0 aromatic heterocycles. The van der Waals surface area contributed by atoms with E-state index in [1.54, 1.807) is 0 Å². The number of hydrogen-bond acceptors (Lipinski definition) is 3. The first-order valence-electron chi connectivity index (χ1n) is 7.03. The smallest absolute Gasteiger partial charge is 0.234 e. The monoisotopic (exact) mass is 253 g/mol. The molecule has 18 heavy (non-hydrogen) atoms. The van der Waals surface area contributed by atoms with Gasteiger partial charge in [-0.3, -0.25) is 9.59 Å². The quantitative estimate of drug-likeness (QED) is 0.566. The normalized spacial score (nSPS) is 19.8. The largest absolute Gasteiger partial charge is 0.354 e. The molecule has 0 spiro atoms. The Balaban J connectivity index is 1.45. The highest BCUT2D eigenvalue weighted by molar-refractivity contribution is 5.81. The molecular formula is C13H23N3O2. The Hall–Kier alpha value is -1.10. The molecule has 0 bridgehead atoms. The van der Waals surface area contributed by atoms with Crippen LogP contribution in [0, 0.1) is 5.92 Å². The second kappa shape index (κ2) is 6.73. The average molecular weight is 253 g/mol. The van der Waals surface area contributed by atoms with Crippen LogP contribution in [-0.4, -0.2) is 37.5 Å². The number of amides is 2. The molecule has 2 aliphatic carbocycles. The summed E-state index contributed by atoms with van der Waals surface area (Å²) in [5.74, 6) is 0.389. The van der Waals surface area contributed by atoms with Crippen molar-refractivity contribution in [2.45, 2.75) is 44.6 Å². The summed E-state index contributed by atoms with van der Waals surface area (Å²) in [5.41, 5.74) is 0. The molecule has 2 aliphatic rings. The van der Waals surface area contributed by atoms with Crippen LogP contribution in [0.2, 0.25) is 0 Å². The summed E-state index contributed by atoms with van der Waals surface area (Å²) >= 11 is 0. The molecule has 0 heterocycles. The lowest BCUT2D eigenvalue weighted by Crippen LogP contribution is -2.41. The molecular weight excluding hydrogens is 230 g/mol. The van der Waals surface area contributed by atoms with Gasteiger partial charge in [-0.1, -0.05) is 12.8 Å². The molecule has 0 aromatic carbocycles. The highest BCUT2D eigenvalue weighted by Gasteiger charge is 2.28. The van der Waals surface area contributed by atoms with Gasteiger partial charge in [-0.25, -0.2) is 0 Å². The van der Waals surface area contributed by atoms with E-state index in [9.17, 15) is 9.59 Å². The van der Waals surface area contributed by atoms with E-state index >= 15 is 0 Å². The van der Waals surface area contributed by atoms with Crippen LogP contribution < -0.4 is 16.0 Å². The zero-order valence-corrected chi connectivity index (χ0v) is 10.8. The molecule has 2 rings (SSSR count). The van der Waals surface area contributed by atoms with E-state index in [1.165, 1.54) is 25.7 Å². The second-order valence-electron chi connectivity index (χ2n) is 5.28.